The minimum atomic E-state index is -5.08. The van der Waals surface area contributed by atoms with Crippen LogP contribution in [0.2, 0.25) is 0 Å². The van der Waals surface area contributed by atoms with Gasteiger partial charge in [0.05, 0.1) is 26.4 Å². The number of aliphatic carboxylic acids is 1. The summed E-state index contributed by atoms with van der Waals surface area (Å²) in [6.45, 7) is 6.78. The third kappa shape index (κ3) is 6.38. The first-order chi connectivity index (χ1) is 14.3. The van der Waals surface area contributed by atoms with Crippen molar-refractivity contribution in [3.8, 4) is 0 Å². The van der Waals surface area contributed by atoms with Gasteiger partial charge in [0.15, 0.2) is 5.13 Å². The molecule has 2 aromatic rings. The Balaban J connectivity index is 0.000000318. The summed E-state index contributed by atoms with van der Waals surface area (Å²) < 4.78 is 43.9. The second kappa shape index (κ2) is 10.1. The number of thiazole rings is 1. The SMILES string of the molecule is O=C(O)C(F)(F)F.c1csc(CN2CCOC3(COCCN(c4nccs4)C3)C2)c1. The minimum Gasteiger partial charge on any atom is -0.475 e. The lowest BCUT2D eigenvalue weighted by Gasteiger charge is -2.43. The highest BCUT2D eigenvalue weighted by Crippen LogP contribution is 2.28. The quantitative estimate of drug-likeness (QED) is 0.747. The van der Waals surface area contributed by atoms with E-state index >= 15 is 0 Å². The molecule has 0 aliphatic carbocycles. The number of carboxylic acid groups (broad SMARTS) is 1. The third-order valence-corrected chi connectivity index (χ3v) is 6.26. The number of alkyl halides is 3. The van der Waals surface area contributed by atoms with E-state index in [1.54, 1.807) is 11.3 Å². The summed E-state index contributed by atoms with van der Waals surface area (Å²) in [5, 5.41) is 12.4. The van der Waals surface area contributed by atoms with Crippen LogP contribution in [0.1, 0.15) is 4.88 Å². The zero-order valence-corrected chi connectivity index (χ0v) is 17.6. The largest absolute Gasteiger partial charge is 0.490 e. The summed E-state index contributed by atoms with van der Waals surface area (Å²) in [6, 6.07) is 4.33. The van der Waals surface area contributed by atoms with Gasteiger partial charge in [0, 0.05) is 42.6 Å². The number of rotatable bonds is 3. The summed E-state index contributed by atoms with van der Waals surface area (Å²) in [5.41, 5.74) is -0.252. The molecule has 1 spiro atoms. The Hall–Kier alpha value is -1.73. The number of anilines is 1. The molecule has 12 heteroatoms. The zero-order chi connectivity index (χ0) is 21.6. The highest BCUT2D eigenvalue weighted by molar-refractivity contribution is 7.13. The molecule has 4 heterocycles. The van der Waals surface area contributed by atoms with Gasteiger partial charge in [-0.3, -0.25) is 4.90 Å². The summed E-state index contributed by atoms with van der Waals surface area (Å²) >= 11 is 3.50. The fourth-order valence-electron chi connectivity index (χ4n) is 3.31. The van der Waals surface area contributed by atoms with Crippen LogP contribution in [0.15, 0.2) is 29.1 Å². The Labute approximate surface area is 179 Å². The van der Waals surface area contributed by atoms with Crippen LogP contribution in [0.5, 0.6) is 0 Å². The van der Waals surface area contributed by atoms with Crippen molar-refractivity contribution in [1.82, 2.24) is 9.88 Å². The second-order valence-electron chi connectivity index (χ2n) is 6.91. The molecule has 2 aliphatic heterocycles. The zero-order valence-electron chi connectivity index (χ0n) is 16.0. The molecule has 0 aromatic carbocycles. The van der Waals surface area contributed by atoms with E-state index in [9.17, 15) is 13.2 Å². The van der Waals surface area contributed by atoms with Gasteiger partial charge in [0.2, 0.25) is 0 Å². The van der Waals surface area contributed by atoms with Crippen LogP contribution in [-0.4, -0.2) is 78.7 Å². The Morgan fingerprint density at radius 2 is 2.03 bits per heavy atom. The van der Waals surface area contributed by atoms with Crippen molar-refractivity contribution in [3.63, 3.8) is 0 Å². The predicted octanol–water partition coefficient (Wildman–Crippen LogP) is 2.95. The number of ether oxygens (including phenoxy) is 2. The van der Waals surface area contributed by atoms with Crippen LogP contribution >= 0.6 is 22.7 Å². The van der Waals surface area contributed by atoms with E-state index in [2.05, 4.69) is 32.3 Å². The number of nitrogens with zero attached hydrogens (tertiary/aromatic N) is 3. The number of halogens is 3. The number of morpholine rings is 1. The van der Waals surface area contributed by atoms with E-state index in [1.807, 2.05) is 22.9 Å². The fourth-order valence-corrected chi connectivity index (χ4v) is 4.72. The molecule has 2 aromatic heterocycles. The van der Waals surface area contributed by atoms with E-state index in [0.717, 1.165) is 51.1 Å². The maximum Gasteiger partial charge on any atom is 0.490 e. The van der Waals surface area contributed by atoms with Crippen LogP contribution in [0.3, 0.4) is 0 Å². The Kier molecular flexibility index (Phi) is 7.69. The van der Waals surface area contributed by atoms with Crippen LogP contribution in [0.25, 0.3) is 0 Å². The van der Waals surface area contributed by atoms with Gasteiger partial charge in [-0.05, 0) is 11.4 Å². The molecule has 1 N–H and O–H groups in total. The van der Waals surface area contributed by atoms with Gasteiger partial charge >= 0.3 is 12.1 Å². The molecule has 4 rings (SSSR count). The standard InChI is InChI=1S/C16H21N3O2S2.C2HF3O2/c1-2-14(22-8-1)10-18-4-7-21-16(11-18)12-19(5-6-20-13-16)15-17-3-9-23-15;3-2(4,5)1(6)7/h1-3,8-9H,4-7,10-13H2;(H,6,7). The monoisotopic (exact) mass is 465 g/mol. The van der Waals surface area contributed by atoms with Gasteiger partial charge in [-0.2, -0.15) is 13.2 Å². The van der Waals surface area contributed by atoms with Gasteiger partial charge < -0.3 is 19.5 Å². The molecule has 2 saturated heterocycles. The molecule has 0 bridgehead atoms. The predicted molar refractivity (Wildman–Crippen MR) is 107 cm³/mol. The Morgan fingerprint density at radius 1 is 1.23 bits per heavy atom. The van der Waals surface area contributed by atoms with Crippen molar-refractivity contribution in [2.24, 2.45) is 0 Å². The van der Waals surface area contributed by atoms with Crippen molar-refractivity contribution in [2.75, 3.05) is 50.9 Å². The third-order valence-electron chi connectivity index (χ3n) is 4.57. The van der Waals surface area contributed by atoms with Crippen molar-refractivity contribution in [1.29, 1.82) is 0 Å². The lowest BCUT2D eigenvalue weighted by Crippen LogP contribution is -2.58. The van der Waals surface area contributed by atoms with Crippen molar-refractivity contribution in [3.05, 3.63) is 34.0 Å². The fraction of sp³-hybridized carbons (Fsp3) is 0.556. The molecule has 2 fully saturated rings. The molecule has 166 valence electrons. The molecule has 30 heavy (non-hydrogen) atoms. The molecule has 1 atom stereocenters. The Morgan fingerprint density at radius 3 is 2.67 bits per heavy atom. The van der Waals surface area contributed by atoms with Gasteiger partial charge in [0.1, 0.15) is 5.60 Å². The summed E-state index contributed by atoms with van der Waals surface area (Å²) in [5.74, 6) is -2.76. The number of hydrogen-bond donors (Lipinski definition) is 1. The van der Waals surface area contributed by atoms with E-state index in [1.165, 1.54) is 4.88 Å². The van der Waals surface area contributed by atoms with Crippen LogP contribution in [0, 0.1) is 0 Å². The second-order valence-corrected chi connectivity index (χ2v) is 8.82. The highest BCUT2D eigenvalue weighted by atomic mass is 32.1. The topological polar surface area (TPSA) is 75.1 Å². The lowest BCUT2D eigenvalue weighted by molar-refractivity contribution is -0.192. The van der Waals surface area contributed by atoms with Crippen molar-refractivity contribution in [2.45, 2.75) is 18.3 Å². The summed E-state index contributed by atoms with van der Waals surface area (Å²) in [6.07, 6.45) is -3.22. The molecule has 0 radical (unpaired) electrons. The number of thiophene rings is 1. The average molecular weight is 466 g/mol. The van der Waals surface area contributed by atoms with Crippen molar-refractivity contribution < 1.29 is 32.5 Å². The van der Waals surface area contributed by atoms with Crippen LogP contribution in [-0.2, 0) is 20.8 Å². The van der Waals surface area contributed by atoms with E-state index in [-0.39, 0.29) is 5.60 Å². The maximum absolute atomic E-state index is 10.6. The molecule has 0 saturated carbocycles. The summed E-state index contributed by atoms with van der Waals surface area (Å²) in [4.78, 5) is 19.6. The summed E-state index contributed by atoms with van der Waals surface area (Å²) in [7, 11) is 0. The number of carbonyl (C=O) groups is 1. The first-order valence-electron chi connectivity index (χ1n) is 9.18. The molecule has 7 nitrogen and oxygen atoms in total. The smallest absolute Gasteiger partial charge is 0.475 e. The van der Waals surface area contributed by atoms with Crippen LogP contribution < -0.4 is 4.90 Å². The number of carboxylic acids is 1. The highest BCUT2D eigenvalue weighted by Gasteiger charge is 2.41. The first-order valence-corrected chi connectivity index (χ1v) is 10.9. The Bertz CT molecular complexity index is 789. The van der Waals surface area contributed by atoms with Gasteiger partial charge in [-0.25, -0.2) is 9.78 Å². The molecular formula is C18H22F3N3O4S2. The van der Waals surface area contributed by atoms with E-state index in [4.69, 9.17) is 19.4 Å². The lowest BCUT2D eigenvalue weighted by atomic mass is 10.0. The van der Waals surface area contributed by atoms with Gasteiger partial charge in [0.25, 0.3) is 0 Å². The molecule has 1 unspecified atom stereocenters. The molecular weight excluding hydrogens is 443 g/mol. The normalized spacial score (nSPS) is 23.0. The maximum atomic E-state index is 10.6. The first kappa shape index (κ1) is 22.9. The molecule has 2 aliphatic rings. The van der Waals surface area contributed by atoms with Crippen LogP contribution in [0.4, 0.5) is 18.3 Å². The van der Waals surface area contributed by atoms with E-state index < -0.39 is 12.1 Å². The average Bonchev–Trinajstić information content (AvgIpc) is 3.35. The molecule has 0 amide bonds. The number of aromatic nitrogens is 1. The van der Waals surface area contributed by atoms with E-state index in [0.29, 0.717) is 6.61 Å². The van der Waals surface area contributed by atoms with Crippen molar-refractivity contribution >= 4 is 33.8 Å². The van der Waals surface area contributed by atoms with Gasteiger partial charge in [-0.1, -0.05) is 6.07 Å². The number of hydrogen-bond acceptors (Lipinski definition) is 8. The minimum absolute atomic E-state index is 0.252. The van der Waals surface area contributed by atoms with Gasteiger partial charge in [-0.15, -0.1) is 22.7 Å².